The van der Waals surface area contributed by atoms with E-state index in [9.17, 15) is 34.8 Å². The van der Waals surface area contributed by atoms with Crippen molar-refractivity contribution in [1.29, 1.82) is 0 Å². The quantitative estimate of drug-likeness (QED) is 0.507. The van der Waals surface area contributed by atoms with Crippen LogP contribution in [0.4, 0.5) is 0 Å². The smallest absolute Gasteiger partial charge is 0.198 e. The minimum Gasteiger partial charge on any atom is -0.507 e. The lowest BCUT2D eigenvalue weighted by molar-refractivity contribution is -0.139. The number of hydrogen-bond donors (Lipinski definition) is 4. The SMILES string of the molecule is CC(=O)[C@]1(O)Cc2cc3c(c(O)c2[C@H](O)C1)C(=O)c1cccc(O)c1C3=O. The minimum atomic E-state index is -1.82. The Morgan fingerprint density at radius 1 is 1.11 bits per heavy atom. The molecular formula is C20H16O7. The van der Waals surface area contributed by atoms with Crippen molar-refractivity contribution in [2.75, 3.05) is 0 Å². The van der Waals surface area contributed by atoms with E-state index in [2.05, 4.69) is 0 Å². The van der Waals surface area contributed by atoms with Gasteiger partial charge in [-0.05, 0) is 24.6 Å². The molecule has 2 aliphatic rings. The van der Waals surface area contributed by atoms with Crippen molar-refractivity contribution in [2.45, 2.75) is 31.5 Å². The van der Waals surface area contributed by atoms with E-state index in [0.29, 0.717) is 0 Å². The molecule has 0 spiro atoms. The molecular weight excluding hydrogens is 352 g/mol. The van der Waals surface area contributed by atoms with E-state index < -0.39 is 34.8 Å². The van der Waals surface area contributed by atoms with Crippen LogP contribution in [0.1, 0.15) is 62.4 Å². The van der Waals surface area contributed by atoms with Crippen molar-refractivity contribution in [3.63, 3.8) is 0 Å². The molecule has 0 unspecified atom stereocenters. The van der Waals surface area contributed by atoms with Crippen molar-refractivity contribution in [1.82, 2.24) is 0 Å². The average Bonchev–Trinajstić information content (AvgIpc) is 2.58. The summed E-state index contributed by atoms with van der Waals surface area (Å²) in [6, 6.07) is 5.38. The Kier molecular flexibility index (Phi) is 3.53. The van der Waals surface area contributed by atoms with Crippen LogP contribution < -0.4 is 0 Å². The maximum Gasteiger partial charge on any atom is 0.198 e. The molecule has 7 heteroatoms. The first-order valence-electron chi connectivity index (χ1n) is 8.37. The minimum absolute atomic E-state index is 0.0319. The fourth-order valence-corrected chi connectivity index (χ4v) is 3.98. The molecule has 0 aromatic heterocycles. The molecule has 0 aliphatic heterocycles. The Hall–Kier alpha value is -3.03. The molecule has 4 rings (SSSR count). The molecule has 2 atom stereocenters. The third-order valence-electron chi connectivity index (χ3n) is 5.41. The Morgan fingerprint density at radius 2 is 1.78 bits per heavy atom. The number of carbonyl (C=O) groups excluding carboxylic acids is 3. The van der Waals surface area contributed by atoms with Gasteiger partial charge in [0.1, 0.15) is 17.1 Å². The van der Waals surface area contributed by atoms with Gasteiger partial charge in [-0.1, -0.05) is 12.1 Å². The van der Waals surface area contributed by atoms with E-state index in [1.807, 2.05) is 0 Å². The van der Waals surface area contributed by atoms with Gasteiger partial charge in [0.2, 0.25) is 0 Å². The number of Topliss-reactive ketones (excluding diaryl/α,β-unsaturated/α-hetero) is 1. The predicted octanol–water partition coefficient (Wildman–Crippen LogP) is 1.17. The molecule has 27 heavy (non-hydrogen) atoms. The van der Waals surface area contributed by atoms with Crippen LogP contribution in [0.5, 0.6) is 11.5 Å². The Morgan fingerprint density at radius 3 is 2.44 bits per heavy atom. The Labute approximate surface area is 153 Å². The summed E-state index contributed by atoms with van der Waals surface area (Å²) in [7, 11) is 0. The molecule has 0 radical (unpaired) electrons. The monoisotopic (exact) mass is 368 g/mol. The lowest BCUT2D eigenvalue weighted by Crippen LogP contribution is -2.44. The predicted molar refractivity (Wildman–Crippen MR) is 92.0 cm³/mol. The second-order valence-electron chi connectivity index (χ2n) is 7.06. The van der Waals surface area contributed by atoms with Crippen molar-refractivity contribution in [3.05, 3.63) is 57.6 Å². The molecule has 0 saturated carbocycles. The molecule has 0 heterocycles. The highest BCUT2D eigenvalue weighted by molar-refractivity contribution is 6.30. The number of carbonyl (C=O) groups is 3. The first-order chi connectivity index (χ1) is 12.7. The summed E-state index contributed by atoms with van der Waals surface area (Å²) in [5.74, 6) is -2.73. The third-order valence-corrected chi connectivity index (χ3v) is 5.41. The number of hydrogen-bond acceptors (Lipinski definition) is 7. The van der Waals surface area contributed by atoms with Crippen molar-refractivity contribution < 1.29 is 34.8 Å². The van der Waals surface area contributed by atoms with Gasteiger partial charge >= 0.3 is 0 Å². The van der Waals surface area contributed by atoms with Gasteiger partial charge < -0.3 is 20.4 Å². The van der Waals surface area contributed by atoms with Gasteiger partial charge in [0.25, 0.3) is 0 Å². The molecule has 0 bridgehead atoms. The van der Waals surface area contributed by atoms with E-state index in [1.165, 1.54) is 31.2 Å². The largest absolute Gasteiger partial charge is 0.507 e. The lowest BCUT2D eigenvalue weighted by atomic mass is 9.73. The van der Waals surface area contributed by atoms with Crippen LogP contribution in [0.2, 0.25) is 0 Å². The zero-order chi connectivity index (χ0) is 19.7. The standard InChI is InChI=1S/C20H16O7/c1-8(21)20(27)6-9-5-11-16(19(26)14(9)13(23)7-20)17(24)10-3-2-4-12(22)15(10)18(11)25/h2-5,13,22-23,26-27H,6-7H2,1H3/t13-,20+/m1/s1. The molecule has 0 fully saturated rings. The summed E-state index contributed by atoms with van der Waals surface area (Å²) in [5, 5.41) is 41.6. The summed E-state index contributed by atoms with van der Waals surface area (Å²) >= 11 is 0. The number of ketones is 3. The fraction of sp³-hybridized carbons (Fsp3) is 0.250. The molecule has 138 valence electrons. The van der Waals surface area contributed by atoms with Gasteiger partial charge in [-0.15, -0.1) is 0 Å². The number of phenolic OH excluding ortho intramolecular Hbond substituents is 2. The highest BCUT2D eigenvalue weighted by Crippen LogP contribution is 2.46. The van der Waals surface area contributed by atoms with Gasteiger partial charge in [0.15, 0.2) is 17.3 Å². The summed E-state index contributed by atoms with van der Waals surface area (Å²) in [5.41, 5.74) is -2.16. The van der Waals surface area contributed by atoms with Crippen LogP contribution in [0.25, 0.3) is 0 Å². The molecule has 0 saturated heterocycles. The van der Waals surface area contributed by atoms with Crippen LogP contribution >= 0.6 is 0 Å². The zero-order valence-electron chi connectivity index (χ0n) is 14.3. The van der Waals surface area contributed by atoms with Crippen molar-refractivity contribution in [2.24, 2.45) is 0 Å². The van der Waals surface area contributed by atoms with Crippen LogP contribution in [-0.4, -0.2) is 43.4 Å². The number of aliphatic hydroxyl groups excluding tert-OH is 1. The normalized spacial score (nSPS) is 23.4. The highest BCUT2D eigenvalue weighted by Gasteiger charge is 2.44. The molecule has 2 aliphatic carbocycles. The van der Waals surface area contributed by atoms with E-state index in [-0.39, 0.29) is 52.0 Å². The number of fused-ring (bicyclic) bond motifs is 3. The van der Waals surface area contributed by atoms with Crippen LogP contribution in [-0.2, 0) is 11.2 Å². The number of aliphatic hydroxyl groups is 2. The number of rotatable bonds is 1. The number of benzene rings is 2. The Bertz CT molecular complexity index is 1050. The lowest BCUT2D eigenvalue weighted by Gasteiger charge is -2.36. The highest BCUT2D eigenvalue weighted by atomic mass is 16.3. The first-order valence-corrected chi connectivity index (χ1v) is 8.37. The summed E-state index contributed by atoms with van der Waals surface area (Å²) in [6.45, 7) is 1.19. The van der Waals surface area contributed by atoms with Gasteiger partial charge in [0, 0.05) is 29.5 Å². The number of phenols is 2. The third kappa shape index (κ3) is 2.25. The Balaban J connectivity index is 1.98. The van der Waals surface area contributed by atoms with E-state index >= 15 is 0 Å². The second-order valence-corrected chi connectivity index (χ2v) is 7.06. The van der Waals surface area contributed by atoms with E-state index in [0.717, 1.165) is 0 Å². The van der Waals surface area contributed by atoms with Crippen LogP contribution in [0, 0.1) is 0 Å². The molecule has 4 N–H and O–H groups in total. The fourth-order valence-electron chi connectivity index (χ4n) is 3.98. The topological polar surface area (TPSA) is 132 Å². The maximum absolute atomic E-state index is 12.9. The number of aromatic hydroxyl groups is 2. The van der Waals surface area contributed by atoms with Gasteiger partial charge in [-0.25, -0.2) is 0 Å². The van der Waals surface area contributed by atoms with Crippen LogP contribution in [0.15, 0.2) is 24.3 Å². The zero-order valence-corrected chi connectivity index (χ0v) is 14.3. The van der Waals surface area contributed by atoms with Crippen molar-refractivity contribution in [3.8, 4) is 11.5 Å². The maximum atomic E-state index is 12.9. The van der Waals surface area contributed by atoms with Crippen LogP contribution in [0.3, 0.4) is 0 Å². The average molecular weight is 368 g/mol. The molecule has 2 aromatic carbocycles. The molecule has 7 nitrogen and oxygen atoms in total. The molecule has 2 aromatic rings. The first kappa shape index (κ1) is 17.4. The van der Waals surface area contributed by atoms with E-state index in [1.54, 1.807) is 0 Å². The summed E-state index contributed by atoms with van der Waals surface area (Å²) in [6.07, 6.45) is -1.90. The van der Waals surface area contributed by atoms with Gasteiger partial charge in [0.05, 0.1) is 17.2 Å². The van der Waals surface area contributed by atoms with Crippen molar-refractivity contribution >= 4 is 17.3 Å². The van der Waals surface area contributed by atoms with Gasteiger partial charge in [-0.3, -0.25) is 14.4 Å². The van der Waals surface area contributed by atoms with Gasteiger partial charge in [-0.2, -0.15) is 0 Å². The second kappa shape index (κ2) is 5.48. The molecule has 0 amide bonds. The summed E-state index contributed by atoms with van der Waals surface area (Å²) < 4.78 is 0. The van der Waals surface area contributed by atoms with E-state index in [4.69, 9.17) is 0 Å². The summed E-state index contributed by atoms with van der Waals surface area (Å²) in [4.78, 5) is 37.5.